The van der Waals surface area contributed by atoms with Crippen LogP contribution in [0.4, 0.5) is 10.5 Å². The smallest absolute Gasteiger partial charge is 0.298 e. The van der Waals surface area contributed by atoms with E-state index in [0.29, 0.717) is 32.2 Å². The van der Waals surface area contributed by atoms with E-state index < -0.39 is 0 Å². The normalized spacial score (nSPS) is 15.2. The molecule has 0 spiro atoms. The first-order valence-electron chi connectivity index (χ1n) is 10.4. The van der Waals surface area contributed by atoms with Gasteiger partial charge in [-0.25, -0.2) is 4.90 Å². The second-order valence-corrected chi connectivity index (χ2v) is 10.1. The van der Waals surface area contributed by atoms with E-state index in [2.05, 4.69) is 4.57 Å². The van der Waals surface area contributed by atoms with Gasteiger partial charge in [-0.15, -0.1) is 0 Å². The van der Waals surface area contributed by atoms with Crippen LogP contribution in [0.3, 0.4) is 0 Å². The van der Waals surface area contributed by atoms with Crippen molar-refractivity contribution in [3.63, 3.8) is 0 Å². The number of thioether (sulfide) groups is 1. The number of hydrogen-bond acceptors (Lipinski definition) is 3. The Balaban J connectivity index is 1.58. The molecule has 0 bridgehead atoms. The highest BCUT2D eigenvalue weighted by Gasteiger charge is 2.36. The van der Waals surface area contributed by atoms with Gasteiger partial charge in [0.1, 0.15) is 0 Å². The molecule has 1 fully saturated rings. The molecule has 5 rings (SSSR count). The fourth-order valence-electron chi connectivity index (χ4n) is 4.10. The van der Waals surface area contributed by atoms with Crippen LogP contribution < -0.4 is 4.90 Å². The summed E-state index contributed by atoms with van der Waals surface area (Å²) in [6.45, 7) is 2.54. The minimum Gasteiger partial charge on any atom is -0.340 e. The van der Waals surface area contributed by atoms with E-state index in [-0.39, 0.29) is 11.1 Å². The van der Waals surface area contributed by atoms with Gasteiger partial charge < -0.3 is 4.57 Å². The molecule has 2 heterocycles. The van der Waals surface area contributed by atoms with Crippen LogP contribution >= 0.6 is 46.6 Å². The number of amides is 2. The molecule has 1 aliphatic heterocycles. The third-order valence-electron chi connectivity index (χ3n) is 5.76. The average Bonchev–Trinajstić information content (AvgIpc) is 3.23. The van der Waals surface area contributed by atoms with Crippen molar-refractivity contribution in [3.8, 4) is 0 Å². The first kappa shape index (κ1) is 23.1. The molecular weight excluding hydrogens is 511 g/mol. The molecule has 1 aliphatic rings. The SMILES string of the molecule is Cc1c(/C=C2/SC(=O)N(c3cccc(Cl)c3)C2=O)c2ccccc2n1Cc1ccc(Cl)cc1Cl. The van der Waals surface area contributed by atoms with E-state index in [1.165, 1.54) is 0 Å². The first-order chi connectivity index (χ1) is 16.3. The van der Waals surface area contributed by atoms with Crippen LogP contribution in [0, 0.1) is 6.92 Å². The third-order valence-corrected chi connectivity index (χ3v) is 7.45. The van der Waals surface area contributed by atoms with E-state index in [9.17, 15) is 9.59 Å². The number of para-hydroxylation sites is 1. The predicted molar refractivity (Wildman–Crippen MR) is 142 cm³/mol. The van der Waals surface area contributed by atoms with E-state index in [1.807, 2.05) is 43.3 Å². The molecule has 1 saturated heterocycles. The molecule has 0 aliphatic carbocycles. The Morgan fingerprint density at radius 1 is 0.912 bits per heavy atom. The molecule has 4 aromatic rings. The number of carbonyl (C=O) groups excluding carboxylic acids is 2. The zero-order valence-electron chi connectivity index (χ0n) is 17.9. The van der Waals surface area contributed by atoms with E-state index in [1.54, 1.807) is 36.4 Å². The van der Waals surface area contributed by atoms with Gasteiger partial charge >= 0.3 is 0 Å². The number of hydrogen-bond donors (Lipinski definition) is 0. The lowest BCUT2D eigenvalue weighted by molar-refractivity contribution is -0.113. The minimum atomic E-state index is -0.366. The zero-order chi connectivity index (χ0) is 24.0. The maximum atomic E-state index is 13.2. The van der Waals surface area contributed by atoms with Crippen molar-refractivity contribution in [1.82, 2.24) is 4.57 Å². The number of carbonyl (C=O) groups is 2. The molecule has 4 nitrogen and oxygen atoms in total. The van der Waals surface area contributed by atoms with Crippen molar-refractivity contribution in [2.45, 2.75) is 13.5 Å². The summed E-state index contributed by atoms with van der Waals surface area (Å²) in [6, 6.07) is 20.1. The third kappa shape index (κ3) is 4.14. The molecular formula is C26H17Cl3N2O2S. The van der Waals surface area contributed by atoms with Crippen LogP contribution in [0.15, 0.2) is 71.6 Å². The van der Waals surface area contributed by atoms with Crippen LogP contribution in [0.5, 0.6) is 0 Å². The van der Waals surface area contributed by atoms with Gasteiger partial charge in [0.25, 0.3) is 11.1 Å². The average molecular weight is 528 g/mol. The minimum absolute atomic E-state index is 0.354. The van der Waals surface area contributed by atoms with Crippen molar-refractivity contribution >= 4 is 80.4 Å². The van der Waals surface area contributed by atoms with Crippen LogP contribution in [-0.2, 0) is 11.3 Å². The molecule has 0 radical (unpaired) electrons. The second-order valence-electron chi connectivity index (χ2n) is 7.84. The largest absolute Gasteiger partial charge is 0.340 e. The molecule has 3 aromatic carbocycles. The number of halogens is 3. The van der Waals surface area contributed by atoms with Gasteiger partial charge in [-0.3, -0.25) is 9.59 Å². The summed E-state index contributed by atoms with van der Waals surface area (Å²) < 4.78 is 2.15. The number of imide groups is 1. The number of nitrogens with zero attached hydrogens (tertiary/aromatic N) is 2. The fourth-order valence-corrected chi connectivity index (χ4v) is 5.58. The Hall–Kier alpha value is -2.70. The van der Waals surface area contributed by atoms with Crippen LogP contribution in [-0.4, -0.2) is 15.7 Å². The first-order valence-corrected chi connectivity index (χ1v) is 12.3. The van der Waals surface area contributed by atoms with Gasteiger partial charge in [0.05, 0.1) is 10.6 Å². The fraction of sp³-hybridized carbons (Fsp3) is 0.0769. The molecule has 0 unspecified atom stereocenters. The van der Waals surface area contributed by atoms with E-state index in [0.717, 1.165) is 44.4 Å². The van der Waals surface area contributed by atoms with E-state index >= 15 is 0 Å². The Morgan fingerprint density at radius 3 is 2.44 bits per heavy atom. The zero-order valence-corrected chi connectivity index (χ0v) is 21.0. The predicted octanol–water partition coefficient (Wildman–Crippen LogP) is 8.20. The van der Waals surface area contributed by atoms with Crippen molar-refractivity contribution in [1.29, 1.82) is 0 Å². The van der Waals surface area contributed by atoms with Crippen molar-refractivity contribution in [3.05, 3.63) is 104 Å². The lowest BCUT2D eigenvalue weighted by Gasteiger charge is -2.12. The van der Waals surface area contributed by atoms with Gasteiger partial charge in [0.15, 0.2) is 0 Å². The summed E-state index contributed by atoms with van der Waals surface area (Å²) >= 11 is 19.5. The lowest BCUT2D eigenvalue weighted by Crippen LogP contribution is -2.27. The summed E-state index contributed by atoms with van der Waals surface area (Å²) in [7, 11) is 0. The van der Waals surface area contributed by atoms with Crippen LogP contribution in [0.2, 0.25) is 15.1 Å². The summed E-state index contributed by atoms with van der Waals surface area (Å²) in [4.78, 5) is 27.4. The molecule has 0 atom stereocenters. The quantitative estimate of drug-likeness (QED) is 0.251. The van der Waals surface area contributed by atoms with Crippen molar-refractivity contribution in [2.24, 2.45) is 0 Å². The maximum Gasteiger partial charge on any atom is 0.298 e. The highest BCUT2D eigenvalue weighted by molar-refractivity contribution is 8.19. The van der Waals surface area contributed by atoms with Crippen LogP contribution in [0.25, 0.3) is 17.0 Å². The van der Waals surface area contributed by atoms with Gasteiger partial charge in [0, 0.05) is 43.8 Å². The van der Waals surface area contributed by atoms with Crippen LogP contribution in [0.1, 0.15) is 16.8 Å². The highest BCUT2D eigenvalue weighted by atomic mass is 35.5. The lowest BCUT2D eigenvalue weighted by atomic mass is 10.1. The molecule has 2 amide bonds. The topological polar surface area (TPSA) is 42.3 Å². The Morgan fingerprint density at radius 2 is 1.68 bits per heavy atom. The Bertz CT molecular complexity index is 1510. The van der Waals surface area contributed by atoms with Gasteiger partial charge in [0.2, 0.25) is 0 Å². The summed E-state index contributed by atoms with van der Waals surface area (Å²) in [5.74, 6) is -0.366. The molecule has 0 N–H and O–H groups in total. The van der Waals surface area contributed by atoms with Gasteiger partial charge in [-0.1, -0.05) is 65.1 Å². The Labute approximate surface area is 215 Å². The molecule has 0 saturated carbocycles. The number of fused-ring (bicyclic) bond motifs is 1. The molecule has 1 aromatic heterocycles. The maximum absolute atomic E-state index is 13.2. The van der Waals surface area contributed by atoms with Gasteiger partial charge in [-0.2, -0.15) is 0 Å². The van der Waals surface area contributed by atoms with E-state index in [4.69, 9.17) is 34.8 Å². The molecule has 170 valence electrons. The number of benzene rings is 3. The number of aromatic nitrogens is 1. The molecule has 8 heteroatoms. The standard InChI is InChI=1S/C26H17Cl3N2O2S/c1-15-21(13-24-25(32)31(26(33)34-24)19-6-4-5-17(27)11-19)20-7-2-3-8-23(20)30(15)14-16-9-10-18(28)12-22(16)29/h2-13H,14H2,1H3/b24-13+. The number of anilines is 1. The number of rotatable bonds is 4. The monoisotopic (exact) mass is 526 g/mol. The van der Waals surface area contributed by atoms with Crippen molar-refractivity contribution < 1.29 is 9.59 Å². The summed E-state index contributed by atoms with van der Waals surface area (Å²) in [5, 5.41) is 2.26. The molecule has 34 heavy (non-hydrogen) atoms. The van der Waals surface area contributed by atoms with Gasteiger partial charge in [-0.05, 0) is 66.7 Å². The highest BCUT2D eigenvalue weighted by Crippen LogP contribution is 2.38. The van der Waals surface area contributed by atoms with Crippen molar-refractivity contribution in [2.75, 3.05) is 4.90 Å². The Kier molecular flexibility index (Phi) is 6.21. The summed E-state index contributed by atoms with van der Waals surface area (Å²) in [5.41, 5.74) is 4.24. The second kappa shape index (κ2) is 9.16. The summed E-state index contributed by atoms with van der Waals surface area (Å²) in [6.07, 6.45) is 1.80.